The Bertz CT molecular complexity index is 452. The third kappa shape index (κ3) is 3.40. The summed E-state index contributed by atoms with van der Waals surface area (Å²) in [5.41, 5.74) is 0.179. The average Bonchev–Trinajstić information content (AvgIpc) is 2.89. The van der Waals surface area contributed by atoms with Crippen LogP contribution in [0, 0.1) is 0 Å². The van der Waals surface area contributed by atoms with Gasteiger partial charge >= 0.3 is 5.97 Å². The maximum absolute atomic E-state index is 12.0. The summed E-state index contributed by atoms with van der Waals surface area (Å²) >= 11 is 0. The molecule has 1 saturated heterocycles. The molecule has 1 aliphatic heterocycles. The number of carboxylic acid groups (broad SMARTS) is 1. The quantitative estimate of drug-likeness (QED) is 0.888. The molecule has 4 nitrogen and oxygen atoms in total. The Morgan fingerprint density at radius 1 is 1.50 bits per heavy atom. The topological polar surface area (TPSA) is 63.6 Å². The van der Waals surface area contributed by atoms with Gasteiger partial charge in [0.25, 0.3) is 0 Å². The molecule has 2 rings (SSSR count). The normalized spacial score (nSPS) is 20.8. The van der Waals surface area contributed by atoms with Gasteiger partial charge in [0, 0.05) is 17.3 Å². The zero-order valence-corrected chi connectivity index (χ0v) is 10.8. The predicted octanol–water partition coefficient (Wildman–Crippen LogP) is 2.06. The van der Waals surface area contributed by atoms with Crippen molar-refractivity contribution in [1.82, 2.24) is 0 Å². The number of carboxylic acids is 1. The Balaban J connectivity index is 1.95. The smallest absolute Gasteiger partial charge is 0.335 e. The molecule has 1 aromatic rings. The second-order valence-electron chi connectivity index (χ2n) is 4.31. The molecule has 0 saturated carbocycles. The van der Waals surface area contributed by atoms with Gasteiger partial charge in [-0.1, -0.05) is 6.07 Å². The predicted molar refractivity (Wildman–Crippen MR) is 68.3 cm³/mol. The van der Waals surface area contributed by atoms with Crippen molar-refractivity contribution in [3.8, 4) is 0 Å². The Morgan fingerprint density at radius 3 is 3.00 bits per heavy atom. The van der Waals surface area contributed by atoms with E-state index < -0.39 is 16.8 Å². The maximum atomic E-state index is 12.0. The highest BCUT2D eigenvalue weighted by Crippen LogP contribution is 2.17. The summed E-state index contributed by atoms with van der Waals surface area (Å²) < 4.78 is 17.5. The van der Waals surface area contributed by atoms with Crippen LogP contribution in [0.1, 0.15) is 29.6 Å². The van der Waals surface area contributed by atoms with Crippen LogP contribution in [-0.2, 0) is 15.5 Å². The molecule has 98 valence electrons. The van der Waals surface area contributed by atoms with Gasteiger partial charge in [-0.05, 0) is 37.5 Å². The van der Waals surface area contributed by atoms with E-state index in [1.54, 1.807) is 12.1 Å². The van der Waals surface area contributed by atoms with Crippen LogP contribution in [0.5, 0.6) is 0 Å². The van der Waals surface area contributed by atoms with Crippen molar-refractivity contribution in [2.45, 2.75) is 30.3 Å². The summed E-state index contributed by atoms with van der Waals surface area (Å²) in [5, 5.41) is 8.87. The molecular formula is C13H16O4S. The van der Waals surface area contributed by atoms with Gasteiger partial charge in [-0.25, -0.2) is 4.79 Å². The lowest BCUT2D eigenvalue weighted by Crippen LogP contribution is -2.10. The number of benzene rings is 1. The van der Waals surface area contributed by atoms with E-state index in [1.807, 2.05) is 0 Å². The molecule has 5 heteroatoms. The Hall–Kier alpha value is -1.20. The highest BCUT2D eigenvalue weighted by Gasteiger charge is 2.17. The third-order valence-electron chi connectivity index (χ3n) is 2.99. The molecule has 1 fully saturated rings. The highest BCUT2D eigenvalue weighted by molar-refractivity contribution is 7.85. The fourth-order valence-corrected chi connectivity index (χ4v) is 3.20. The largest absolute Gasteiger partial charge is 0.478 e. The van der Waals surface area contributed by atoms with E-state index in [-0.39, 0.29) is 11.7 Å². The molecule has 0 aromatic heterocycles. The van der Waals surface area contributed by atoms with E-state index in [0.717, 1.165) is 25.9 Å². The van der Waals surface area contributed by atoms with Crippen molar-refractivity contribution in [3.63, 3.8) is 0 Å². The lowest BCUT2D eigenvalue weighted by molar-refractivity contribution is 0.0696. The minimum atomic E-state index is -1.15. The molecule has 0 radical (unpaired) electrons. The molecular weight excluding hydrogens is 252 g/mol. The fourth-order valence-electron chi connectivity index (χ4n) is 2.00. The molecule has 0 aliphatic carbocycles. The molecule has 1 aliphatic rings. The zero-order chi connectivity index (χ0) is 13.0. The van der Waals surface area contributed by atoms with Crippen LogP contribution in [0.25, 0.3) is 0 Å². The molecule has 0 bridgehead atoms. The first kappa shape index (κ1) is 13.2. The van der Waals surface area contributed by atoms with E-state index in [4.69, 9.17) is 9.84 Å². The van der Waals surface area contributed by atoms with Gasteiger partial charge < -0.3 is 9.84 Å². The molecule has 0 amide bonds. The highest BCUT2D eigenvalue weighted by atomic mass is 32.2. The van der Waals surface area contributed by atoms with Gasteiger partial charge in [0.2, 0.25) is 0 Å². The van der Waals surface area contributed by atoms with Crippen molar-refractivity contribution < 1.29 is 18.8 Å². The van der Waals surface area contributed by atoms with Gasteiger partial charge in [0.1, 0.15) is 0 Å². The summed E-state index contributed by atoms with van der Waals surface area (Å²) in [6.45, 7) is 0.797. The van der Waals surface area contributed by atoms with Crippen LogP contribution in [0.3, 0.4) is 0 Å². The van der Waals surface area contributed by atoms with E-state index >= 15 is 0 Å². The number of carbonyl (C=O) groups is 1. The first-order valence-electron chi connectivity index (χ1n) is 6.00. The standard InChI is InChI=1S/C13H16O4S/c14-13(15)10-3-1-5-12(9-10)18(16)8-6-11-4-2-7-17-11/h1,3,5,9,11H,2,4,6-8H2,(H,14,15). The number of aromatic carboxylic acids is 1. The summed E-state index contributed by atoms with van der Waals surface area (Å²) in [4.78, 5) is 11.4. The molecule has 1 aromatic carbocycles. The van der Waals surface area contributed by atoms with Crippen LogP contribution >= 0.6 is 0 Å². The monoisotopic (exact) mass is 268 g/mol. The van der Waals surface area contributed by atoms with E-state index in [1.165, 1.54) is 12.1 Å². The molecule has 2 unspecified atom stereocenters. The third-order valence-corrected chi connectivity index (χ3v) is 4.38. The minimum absolute atomic E-state index is 0.179. The number of rotatable bonds is 5. The van der Waals surface area contributed by atoms with E-state index in [0.29, 0.717) is 10.6 Å². The minimum Gasteiger partial charge on any atom is -0.478 e. The van der Waals surface area contributed by atoms with Crippen LogP contribution in [0.2, 0.25) is 0 Å². The number of hydrogen-bond donors (Lipinski definition) is 1. The number of hydrogen-bond acceptors (Lipinski definition) is 3. The van der Waals surface area contributed by atoms with Gasteiger partial charge in [-0.3, -0.25) is 4.21 Å². The van der Waals surface area contributed by atoms with E-state index in [9.17, 15) is 9.00 Å². The molecule has 18 heavy (non-hydrogen) atoms. The Labute approximate surface area is 108 Å². The Morgan fingerprint density at radius 2 is 2.33 bits per heavy atom. The van der Waals surface area contributed by atoms with Crippen LogP contribution in [0.4, 0.5) is 0 Å². The molecule has 0 spiro atoms. The molecule has 2 atom stereocenters. The fraction of sp³-hybridized carbons (Fsp3) is 0.462. The average molecular weight is 268 g/mol. The number of ether oxygens (including phenoxy) is 1. The van der Waals surface area contributed by atoms with E-state index in [2.05, 4.69) is 0 Å². The second-order valence-corrected chi connectivity index (χ2v) is 5.88. The summed E-state index contributed by atoms with van der Waals surface area (Å²) in [6.07, 6.45) is 3.10. The van der Waals surface area contributed by atoms with Crippen LogP contribution in [0.15, 0.2) is 29.2 Å². The van der Waals surface area contributed by atoms with Crippen molar-refractivity contribution in [2.75, 3.05) is 12.4 Å². The van der Waals surface area contributed by atoms with Crippen LogP contribution < -0.4 is 0 Å². The lowest BCUT2D eigenvalue weighted by Gasteiger charge is -2.08. The van der Waals surface area contributed by atoms with Crippen molar-refractivity contribution in [2.24, 2.45) is 0 Å². The SMILES string of the molecule is O=C(O)c1cccc(S(=O)CCC2CCCO2)c1. The summed E-state index contributed by atoms with van der Waals surface area (Å²) in [5.74, 6) is -0.471. The van der Waals surface area contributed by atoms with Gasteiger partial charge in [-0.2, -0.15) is 0 Å². The first-order chi connectivity index (χ1) is 8.66. The summed E-state index contributed by atoms with van der Waals surface area (Å²) in [6, 6.07) is 6.32. The first-order valence-corrected chi connectivity index (χ1v) is 7.32. The van der Waals surface area contributed by atoms with Crippen molar-refractivity contribution in [1.29, 1.82) is 0 Å². The molecule has 1 N–H and O–H groups in total. The molecule has 1 heterocycles. The summed E-state index contributed by atoms with van der Waals surface area (Å²) in [7, 11) is -1.15. The van der Waals surface area contributed by atoms with Crippen molar-refractivity contribution >= 4 is 16.8 Å². The maximum Gasteiger partial charge on any atom is 0.335 e. The zero-order valence-electron chi connectivity index (χ0n) is 10.0. The lowest BCUT2D eigenvalue weighted by atomic mass is 10.2. The second kappa shape index (κ2) is 6.11. The van der Waals surface area contributed by atoms with Gasteiger partial charge in [0.15, 0.2) is 0 Å². The van der Waals surface area contributed by atoms with Gasteiger partial charge in [-0.15, -0.1) is 0 Å². The Kier molecular flexibility index (Phi) is 4.49. The van der Waals surface area contributed by atoms with Crippen molar-refractivity contribution in [3.05, 3.63) is 29.8 Å². The van der Waals surface area contributed by atoms with Crippen LogP contribution in [-0.4, -0.2) is 33.7 Å². The van der Waals surface area contributed by atoms with Gasteiger partial charge in [0.05, 0.1) is 22.5 Å².